The summed E-state index contributed by atoms with van der Waals surface area (Å²) in [6.07, 6.45) is 1.19. The van der Waals surface area contributed by atoms with E-state index >= 15 is 0 Å². The van der Waals surface area contributed by atoms with Crippen molar-refractivity contribution in [1.29, 1.82) is 0 Å². The molecule has 0 fully saturated rings. The fourth-order valence-electron chi connectivity index (χ4n) is 1.69. The second-order valence-corrected chi connectivity index (χ2v) is 5.74. The molecule has 5 heteroatoms. The van der Waals surface area contributed by atoms with Crippen LogP contribution in [-0.2, 0) is 11.2 Å². The maximum Gasteiger partial charge on any atom is 0.222 e. The van der Waals surface area contributed by atoms with Gasteiger partial charge in [-0.25, -0.2) is 4.39 Å². The van der Waals surface area contributed by atoms with E-state index in [0.29, 0.717) is 24.9 Å². The lowest BCUT2D eigenvalue weighted by atomic mass is 9.99. The molecule has 114 valence electrons. The molecule has 0 saturated carbocycles. The van der Waals surface area contributed by atoms with Crippen LogP contribution in [-0.4, -0.2) is 18.0 Å². The molecule has 0 aliphatic carbocycles. The number of carbonyl (C=O) groups excluding carboxylic acids is 1. The van der Waals surface area contributed by atoms with Gasteiger partial charge in [-0.15, -0.1) is 12.4 Å². The van der Waals surface area contributed by atoms with Crippen LogP contribution in [0.5, 0.6) is 0 Å². The summed E-state index contributed by atoms with van der Waals surface area (Å²) in [4.78, 5) is 11.8. The number of benzene rings is 1. The Bertz CT molecular complexity index is 432. The number of hydrogen-bond donors (Lipinski definition) is 2. The van der Waals surface area contributed by atoms with Crippen LogP contribution in [0.4, 0.5) is 4.39 Å². The molecule has 1 amide bonds. The van der Waals surface area contributed by atoms with Crippen LogP contribution in [0, 0.1) is 11.7 Å². The molecule has 1 atom stereocenters. The number of rotatable bonds is 6. The summed E-state index contributed by atoms with van der Waals surface area (Å²) in [5.74, 6) is -0.393. The van der Waals surface area contributed by atoms with Crippen LogP contribution in [0.2, 0.25) is 0 Å². The normalized spacial score (nSPS) is 12.4. The van der Waals surface area contributed by atoms with E-state index in [0.717, 1.165) is 0 Å². The van der Waals surface area contributed by atoms with Crippen molar-refractivity contribution < 1.29 is 9.18 Å². The van der Waals surface area contributed by atoms with Gasteiger partial charge < -0.3 is 11.1 Å². The molecule has 1 aromatic rings. The van der Waals surface area contributed by atoms with E-state index in [1.165, 1.54) is 6.07 Å². The van der Waals surface area contributed by atoms with Crippen LogP contribution in [0.15, 0.2) is 24.3 Å². The number of nitrogens with two attached hydrogens (primary N) is 1. The van der Waals surface area contributed by atoms with Crippen LogP contribution < -0.4 is 11.1 Å². The third-order valence-electron chi connectivity index (χ3n) is 2.97. The summed E-state index contributed by atoms with van der Waals surface area (Å²) < 4.78 is 13.4. The summed E-state index contributed by atoms with van der Waals surface area (Å²) in [5.41, 5.74) is 6.04. The molecule has 0 spiro atoms. The summed E-state index contributed by atoms with van der Waals surface area (Å²) >= 11 is 0. The molecule has 0 radical (unpaired) electrons. The topological polar surface area (TPSA) is 55.1 Å². The van der Waals surface area contributed by atoms with E-state index in [1.54, 1.807) is 18.2 Å². The Labute approximate surface area is 126 Å². The van der Waals surface area contributed by atoms with Gasteiger partial charge in [-0.2, -0.15) is 0 Å². The number of carbonyl (C=O) groups is 1. The van der Waals surface area contributed by atoms with Crippen molar-refractivity contribution in [2.75, 3.05) is 6.54 Å². The van der Waals surface area contributed by atoms with Crippen molar-refractivity contribution in [3.8, 4) is 0 Å². The van der Waals surface area contributed by atoms with Crippen molar-refractivity contribution in [2.24, 2.45) is 11.7 Å². The maximum absolute atomic E-state index is 13.4. The Morgan fingerprint density at radius 1 is 1.40 bits per heavy atom. The van der Waals surface area contributed by atoms with Gasteiger partial charge >= 0.3 is 0 Å². The molecule has 0 heterocycles. The molecule has 3 nitrogen and oxygen atoms in total. The molecule has 0 bridgehead atoms. The van der Waals surface area contributed by atoms with E-state index < -0.39 is 5.54 Å². The smallest absolute Gasteiger partial charge is 0.222 e. The van der Waals surface area contributed by atoms with Gasteiger partial charge in [0.1, 0.15) is 5.82 Å². The van der Waals surface area contributed by atoms with Crippen molar-refractivity contribution in [2.45, 2.75) is 39.2 Å². The Morgan fingerprint density at radius 3 is 2.55 bits per heavy atom. The fourth-order valence-corrected chi connectivity index (χ4v) is 1.69. The Kier molecular flexibility index (Phi) is 7.76. The monoisotopic (exact) mass is 302 g/mol. The highest BCUT2D eigenvalue weighted by Gasteiger charge is 2.17. The maximum atomic E-state index is 13.4. The zero-order chi connectivity index (χ0) is 14.5. The van der Waals surface area contributed by atoms with E-state index in [-0.39, 0.29) is 30.0 Å². The first kappa shape index (κ1) is 18.9. The Hall–Kier alpha value is -1.13. The highest BCUT2D eigenvalue weighted by molar-refractivity contribution is 5.85. The minimum absolute atomic E-state index is 0. The summed E-state index contributed by atoms with van der Waals surface area (Å²) in [7, 11) is 0. The van der Waals surface area contributed by atoms with E-state index in [9.17, 15) is 9.18 Å². The standard InChI is InChI=1S/C15H23FN2O.ClH/c1-11(14(19)18-10-15(2,3)17)8-9-12-6-4-5-7-13(12)16;/h4-7,11H,8-10,17H2,1-3H3,(H,18,19);1H. The molecule has 0 saturated heterocycles. The first-order valence-corrected chi connectivity index (χ1v) is 6.59. The van der Waals surface area contributed by atoms with Gasteiger partial charge in [0.05, 0.1) is 0 Å². The first-order valence-electron chi connectivity index (χ1n) is 6.59. The fraction of sp³-hybridized carbons (Fsp3) is 0.533. The second kappa shape index (κ2) is 8.22. The zero-order valence-electron chi connectivity index (χ0n) is 12.3. The molecule has 1 aromatic carbocycles. The molecule has 1 rings (SSSR count). The predicted molar refractivity (Wildman–Crippen MR) is 82.4 cm³/mol. The minimum atomic E-state index is -0.416. The Morgan fingerprint density at radius 2 is 2.00 bits per heavy atom. The van der Waals surface area contributed by atoms with Gasteiger partial charge in [-0.3, -0.25) is 4.79 Å². The largest absolute Gasteiger partial charge is 0.354 e. The Balaban J connectivity index is 0.00000361. The number of aryl methyl sites for hydroxylation is 1. The lowest BCUT2D eigenvalue weighted by Crippen LogP contribution is -2.46. The van der Waals surface area contributed by atoms with Crippen molar-refractivity contribution in [1.82, 2.24) is 5.32 Å². The van der Waals surface area contributed by atoms with Crippen LogP contribution in [0.1, 0.15) is 32.8 Å². The lowest BCUT2D eigenvalue weighted by molar-refractivity contribution is -0.124. The lowest BCUT2D eigenvalue weighted by Gasteiger charge is -2.20. The molecule has 0 aliphatic heterocycles. The third kappa shape index (κ3) is 6.87. The molecular formula is C15H24ClFN2O. The molecule has 0 aromatic heterocycles. The predicted octanol–water partition coefficient (Wildman–Crippen LogP) is 2.67. The highest BCUT2D eigenvalue weighted by atomic mass is 35.5. The van der Waals surface area contributed by atoms with Crippen molar-refractivity contribution in [3.05, 3.63) is 35.6 Å². The number of hydrogen-bond acceptors (Lipinski definition) is 2. The quantitative estimate of drug-likeness (QED) is 0.849. The van der Waals surface area contributed by atoms with E-state index in [4.69, 9.17) is 5.73 Å². The summed E-state index contributed by atoms with van der Waals surface area (Å²) in [6, 6.07) is 6.67. The third-order valence-corrected chi connectivity index (χ3v) is 2.97. The highest BCUT2D eigenvalue weighted by Crippen LogP contribution is 2.13. The van der Waals surface area contributed by atoms with Gasteiger partial charge in [0.15, 0.2) is 0 Å². The number of amides is 1. The zero-order valence-corrected chi connectivity index (χ0v) is 13.1. The van der Waals surface area contributed by atoms with Gasteiger partial charge in [0.25, 0.3) is 0 Å². The number of nitrogens with one attached hydrogen (secondary N) is 1. The van der Waals surface area contributed by atoms with Gasteiger partial charge in [0.2, 0.25) is 5.91 Å². The van der Waals surface area contributed by atoms with Gasteiger partial charge in [-0.05, 0) is 38.3 Å². The van der Waals surface area contributed by atoms with Crippen LogP contribution >= 0.6 is 12.4 Å². The summed E-state index contributed by atoms with van der Waals surface area (Å²) in [6.45, 7) is 6.00. The summed E-state index contributed by atoms with van der Waals surface area (Å²) in [5, 5.41) is 2.82. The molecule has 20 heavy (non-hydrogen) atoms. The molecule has 1 unspecified atom stereocenters. The van der Waals surface area contributed by atoms with Crippen LogP contribution in [0.25, 0.3) is 0 Å². The SMILES string of the molecule is CC(CCc1ccccc1F)C(=O)NCC(C)(C)N.Cl. The van der Waals surface area contributed by atoms with E-state index in [2.05, 4.69) is 5.32 Å². The average Bonchev–Trinajstić information content (AvgIpc) is 2.33. The van der Waals surface area contributed by atoms with Gasteiger partial charge in [-0.1, -0.05) is 25.1 Å². The average molecular weight is 303 g/mol. The van der Waals surface area contributed by atoms with Crippen molar-refractivity contribution >= 4 is 18.3 Å². The van der Waals surface area contributed by atoms with Gasteiger partial charge in [0, 0.05) is 18.0 Å². The first-order chi connectivity index (χ1) is 8.79. The molecule has 0 aliphatic rings. The number of halogens is 2. The van der Waals surface area contributed by atoms with Crippen molar-refractivity contribution in [3.63, 3.8) is 0 Å². The molecule has 3 N–H and O–H groups in total. The second-order valence-electron chi connectivity index (χ2n) is 5.74. The van der Waals surface area contributed by atoms with Crippen LogP contribution in [0.3, 0.4) is 0 Å². The molecular weight excluding hydrogens is 279 g/mol. The van der Waals surface area contributed by atoms with E-state index in [1.807, 2.05) is 20.8 Å². The minimum Gasteiger partial charge on any atom is -0.354 e.